The van der Waals surface area contributed by atoms with Crippen LogP contribution in [0.3, 0.4) is 0 Å². The molecule has 2 aromatic rings. The van der Waals surface area contributed by atoms with Crippen LogP contribution in [-0.2, 0) is 22.7 Å². The van der Waals surface area contributed by atoms with Gasteiger partial charge in [-0.1, -0.05) is 46.8 Å². The molecule has 0 aliphatic carbocycles. The van der Waals surface area contributed by atoms with Crippen molar-refractivity contribution in [1.29, 1.82) is 0 Å². The number of amides is 2. The molecule has 0 radical (unpaired) electrons. The van der Waals surface area contributed by atoms with E-state index in [0.29, 0.717) is 6.54 Å². The average molecular weight is 527 g/mol. The zero-order chi connectivity index (χ0) is 27.8. The molecule has 2 amide bonds. The highest BCUT2D eigenvalue weighted by Gasteiger charge is 2.40. The highest BCUT2D eigenvalue weighted by molar-refractivity contribution is 5.89. The molecule has 9 nitrogen and oxygen atoms in total. The molecule has 3 N–H and O–H groups in total. The van der Waals surface area contributed by atoms with Gasteiger partial charge in [0, 0.05) is 75.6 Å². The van der Waals surface area contributed by atoms with Gasteiger partial charge < -0.3 is 25.5 Å². The van der Waals surface area contributed by atoms with Crippen molar-refractivity contribution in [2.24, 2.45) is 11.8 Å². The third kappa shape index (κ3) is 6.74. The second-order valence-corrected chi connectivity index (χ2v) is 10.3. The molecule has 0 saturated carbocycles. The molecule has 3 unspecified atom stereocenters. The summed E-state index contributed by atoms with van der Waals surface area (Å²) in [4.78, 5) is 30.2. The van der Waals surface area contributed by atoms with E-state index in [-0.39, 0.29) is 36.6 Å². The quantitative estimate of drug-likeness (QED) is 0.489. The number of aliphatic hydroxyl groups is 1. The topological polar surface area (TPSA) is 103 Å². The van der Waals surface area contributed by atoms with Crippen LogP contribution < -0.4 is 15.5 Å². The van der Waals surface area contributed by atoms with Crippen molar-refractivity contribution in [3.05, 3.63) is 36.0 Å². The summed E-state index contributed by atoms with van der Waals surface area (Å²) in [6.45, 7) is 16.9. The molecule has 2 aliphatic rings. The first-order valence-corrected chi connectivity index (χ1v) is 14.2. The Balaban J connectivity index is 0.00000195. The van der Waals surface area contributed by atoms with Gasteiger partial charge in [0.2, 0.25) is 11.8 Å². The second kappa shape index (κ2) is 13.8. The van der Waals surface area contributed by atoms with Gasteiger partial charge in [0.15, 0.2) is 0 Å². The van der Waals surface area contributed by atoms with Gasteiger partial charge in [0.05, 0.1) is 11.8 Å². The fourth-order valence-corrected chi connectivity index (χ4v) is 5.06. The van der Waals surface area contributed by atoms with Gasteiger partial charge in [0.1, 0.15) is 6.04 Å². The van der Waals surface area contributed by atoms with Crippen LogP contribution >= 0.6 is 0 Å². The van der Waals surface area contributed by atoms with Gasteiger partial charge in [-0.15, -0.1) is 0 Å². The van der Waals surface area contributed by atoms with Gasteiger partial charge in [-0.25, -0.2) is 0 Å². The fourth-order valence-electron chi connectivity index (χ4n) is 5.06. The Morgan fingerprint density at radius 2 is 1.87 bits per heavy atom. The summed E-state index contributed by atoms with van der Waals surface area (Å²) in [6.07, 6.45) is 1.41. The molecule has 2 aliphatic heterocycles. The molecular formula is C29H46N6O3. The predicted octanol–water partition coefficient (Wildman–Crippen LogP) is 2.88. The molecular weight excluding hydrogens is 480 g/mol. The number of hydrogen-bond donors (Lipinski definition) is 3. The van der Waals surface area contributed by atoms with Crippen LogP contribution in [0.2, 0.25) is 0 Å². The second-order valence-electron chi connectivity index (χ2n) is 10.3. The highest BCUT2D eigenvalue weighted by atomic mass is 16.3. The maximum atomic E-state index is 13.2. The van der Waals surface area contributed by atoms with Crippen LogP contribution in [0, 0.1) is 11.8 Å². The number of hydrogen-bond acceptors (Lipinski definition) is 6. The molecule has 3 atom stereocenters. The summed E-state index contributed by atoms with van der Waals surface area (Å²) in [7, 11) is 0. The molecule has 9 heteroatoms. The van der Waals surface area contributed by atoms with Gasteiger partial charge in [-0.2, -0.15) is 5.10 Å². The standard InChI is InChI=1S/C27H40N6O3.C2H6/c1-5-33-23(8-9-30-33)20-6-7-21(24(14-20)31-12-10-28-11-13-31)16-29-26(35)25-15-22(34)17-32(25)27(36)19(4)18(2)3;1-2/h6-9,14,18-19,22,25,28,34H,5,10-13,15-17H2,1-4H3,(H,29,35);1-2H3. The molecule has 0 spiro atoms. The number of carbonyl (C=O) groups excluding carboxylic acids is 2. The number of rotatable bonds is 8. The number of β-amino-alcohol motifs (C(OH)–C–C–N with tert-alkyl or cyclic N) is 1. The number of anilines is 1. The highest BCUT2D eigenvalue weighted by Crippen LogP contribution is 2.29. The molecule has 2 saturated heterocycles. The lowest BCUT2D eigenvalue weighted by Gasteiger charge is -2.32. The van der Waals surface area contributed by atoms with E-state index in [2.05, 4.69) is 45.8 Å². The Hall–Kier alpha value is -2.91. The summed E-state index contributed by atoms with van der Waals surface area (Å²) in [5.41, 5.74) is 4.30. The summed E-state index contributed by atoms with van der Waals surface area (Å²) < 4.78 is 1.98. The lowest BCUT2D eigenvalue weighted by molar-refractivity contribution is -0.142. The maximum absolute atomic E-state index is 13.2. The Morgan fingerprint density at radius 1 is 1.16 bits per heavy atom. The maximum Gasteiger partial charge on any atom is 0.243 e. The van der Waals surface area contributed by atoms with Crippen molar-refractivity contribution in [3.63, 3.8) is 0 Å². The van der Waals surface area contributed by atoms with Crippen LogP contribution in [0.1, 0.15) is 53.5 Å². The number of aromatic nitrogens is 2. The van der Waals surface area contributed by atoms with Gasteiger partial charge >= 0.3 is 0 Å². The average Bonchev–Trinajstić information content (AvgIpc) is 3.59. The number of nitrogens with one attached hydrogen (secondary N) is 2. The minimum atomic E-state index is -0.678. The van der Waals surface area contributed by atoms with Crippen LogP contribution in [0.25, 0.3) is 11.3 Å². The molecule has 210 valence electrons. The zero-order valence-corrected chi connectivity index (χ0v) is 23.9. The number of aliphatic hydroxyl groups excluding tert-OH is 1. The van der Waals surface area contributed by atoms with Crippen LogP contribution in [-0.4, -0.2) is 76.5 Å². The monoisotopic (exact) mass is 526 g/mol. The van der Waals surface area contributed by atoms with Crippen molar-refractivity contribution < 1.29 is 14.7 Å². The largest absolute Gasteiger partial charge is 0.391 e. The van der Waals surface area contributed by atoms with Crippen LogP contribution in [0.15, 0.2) is 30.5 Å². The summed E-state index contributed by atoms with van der Waals surface area (Å²) in [5, 5.41) is 21.1. The lowest BCUT2D eigenvalue weighted by atomic mass is 9.96. The third-order valence-electron chi connectivity index (χ3n) is 7.56. The summed E-state index contributed by atoms with van der Waals surface area (Å²) in [5.74, 6) is -0.313. The minimum Gasteiger partial charge on any atom is -0.391 e. The molecule has 0 bridgehead atoms. The third-order valence-corrected chi connectivity index (χ3v) is 7.56. The van der Waals surface area contributed by atoms with E-state index in [0.717, 1.165) is 55.2 Å². The first kappa shape index (κ1) is 29.6. The number of nitrogens with zero attached hydrogens (tertiary/aromatic N) is 4. The SMILES string of the molecule is CC.CCn1nccc1-c1ccc(CNC(=O)C2CC(O)CN2C(=O)C(C)C(C)C)c(N2CCNCC2)c1. The van der Waals surface area contributed by atoms with E-state index in [1.54, 1.807) is 4.90 Å². The fraction of sp³-hybridized carbons (Fsp3) is 0.621. The van der Waals surface area contributed by atoms with Crippen molar-refractivity contribution in [2.45, 2.75) is 73.2 Å². The van der Waals surface area contributed by atoms with Gasteiger partial charge in [0.25, 0.3) is 0 Å². The van der Waals surface area contributed by atoms with Crippen molar-refractivity contribution in [2.75, 3.05) is 37.6 Å². The van der Waals surface area contributed by atoms with Crippen molar-refractivity contribution in [1.82, 2.24) is 25.3 Å². The lowest BCUT2D eigenvalue weighted by Crippen LogP contribution is -2.48. The normalized spacial score (nSPS) is 20.2. The number of likely N-dealkylation sites (tertiary alicyclic amines) is 1. The summed E-state index contributed by atoms with van der Waals surface area (Å²) >= 11 is 0. The summed E-state index contributed by atoms with van der Waals surface area (Å²) in [6, 6.07) is 7.73. The van der Waals surface area contributed by atoms with Crippen LogP contribution in [0.5, 0.6) is 0 Å². The van der Waals surface area contributed by atoms with E-state index in [4.69, 9.17) is 0 Å². The van der Waals surface area contributed by atoms with Crippen LogP contribution in [0.4, 0.5) is 5.69 Å². The first-order valence-electron chi connectivity index (χ1n) is 14.2. The van der Waals surface area contributed by atoms with E-state index in [1.165, 1.54) is 0 Å². The van der Waals surface area contributed by atoms with Gasteiger partial charge in [-0.05, 0) is 30.5 Å². The molecule has 1 aromatic carbocycles. The Labute approximate surface area is 227 Å². The molecule has 3 heterocycles. The Kier molecular flexibility index (Phi) is 10.7. The minimum absolute atomic E-state index is 0.0694. The van der Waals surface area contributed by atoms with Gasteiger partial charge in [-0.3, -0.25) is 14.3 Å². The zero-order valence-electron chi connectivity index (χ0n) is 23.9. The molecule has 38 heavy (non-hydrogen) atoms. The van der Waals surface area contributed by atoms with E-state index >= 15 is 0 Å². The first-order chi connectivity index (χ1) is 18.3. The van der Waals surface area contributed by atoms with Crippen molar-refractivity contribution in [3.8, 4) is 11.3 Å². The number of piperazine rings is 1. The van der Waals surface area contributed by atoms with E-state index in [1.807, 2.05) is 51.6 Å². The van der Waals surface area contributed by atoms with E-state index in [9.17, 15) is 14.7 Å². The Bertz CT molecular complexity index is 1060. The number of carbonyl (C=O) groups is 2. The van der Waals surface area contributed by atoms with E-state index < -0.39 is 12.1 Å². The Morgan fingerprint density at radius 3 is 2.53 bits per heavy atom. The molecule has 1 aromatic heterocycles. The number of aryl methyl sites for hydroxylation is 1. The molecule has 4 rings (SSSR count). The smallest absolute Gasteiger partial charge is 0.243 e. The number of benzene rings is 1. The molecule has 2 fully saturated rings. The van der Waals surface area contributed by atoms with Crippen molar-refractivity contribution >= 4 is 17.5 Å². The predicted molar refractivity (Wildman–Crippen MR) is 152 cm³/mol.